The summed E-state index contributed by atoms with van der Waals surface area (Å²) in [4.78, 5) is 28.9. The second-order valence-electron chi connectivity index (χ2n) is 6.72. The summed E-state index contributed by atoms with van der Waals surface area (Å²) in [5, 5.41) is 3.40. The largest absolute Gasteiger partial charge is 0.378 e. The molecule has 1 aliphatic heterocycles. The van der Waals surface area contributed by atoms with Crippen LogP contribution in [0.15, 0.2) is 36.4 Å². The van der Waals surface area contributed by atoms with Crippen LogP contribution in [0.1, 0.15) is 26.3 Å². The topological polar surface area (TPSA) is 58.6 Å². The summed E-state index contributed by atoms with van der Waals surface area (Å²) >= 11 is 14.7. The van der Waals surface area contributed by atoms with E-state index < -0.39 is 0 Å². The number of ether oxygens (including phenoxy) is 1. The summed E-state index contributed by atoms with van der Waals surface area (Å²) in [7, 11) is 0. The van der Waals surface area contributed by atoms with Crippen LogP contribution in [0.25, 0.3) is 10.4 Å². The van der Waals surface area contributed by atoms with Crippen molar-refractivity contribution in [3.05, 3.63) is 61.8 Å². The summed E-state index contributed by atoms with van der Waals surface area (Å²) in [5.74, 6) is -0.501. The third kappa shape index (κ3) is 4.26. The molecule has 0 aliphatic carbocycles. The third-order valence-electron chi connectivity index (χ3n) is 4.82. The number of benzene rings is 1. The van der Waals surface area contributed by atoms with Gasteiger partial charge in [0, 0.05) is 18.0 Å². The summed E-state index contributed by atoms with van der Waals surface area (Å²) < 4.78 is 6.12. The van der Waals surface area contributed by atoms with E-state index >= 15 is 0 Å². The molecular weight excluding hydrogens is 463 g/mol. The molecule has 2 aromatic heterocycles. The fourth-order valence-corrected chi connectivity index (χ4v) is 5.97. The number of hydrogen-bond acceptors (Lipinski definition) is 5. The zero-order valence-corrected chi connectivity index (χ0v) is 19.2. The van der Waals surface area contributed by atoms with Crippen molar-refractivity contribution < 1.29 is 14.3 Å². The molecule has 0 unspecified atom stereocenters. The van der Waals surface area contributed by atoms with Crippen molar-refractivity contribution in [2.45, 2.75) is 6.92 Å². The van der Waals surface area contributed by atoms with Gasteiger partial charge < -0.3 is 15.0 Å². The number of carbonyl (C=O) groups is 2. The molecule has 1 saturated heterocycles. The fourth-order valence-electron chi connectivity index (χ4n) is 3.31. The predicted octanol–water partition coefficient (Wildman–Crippen LogP) is 5.82. The van der Waals surface area contributed by atoms with E-state index in [0.717, 1.165) is 27.3 Å². The average Bonchev–Trinajstić information content (AvgIpc) is 3.27. The molecule has 156 valence electrons. The number of rotatable bonds is 4. The highest BCUT2D eigenvalue weighted by atomic mass is 35.5. The molecule has 2 amide bonds. The molecule has 9 heteroatoms. The van der Waals surface area contributed by atoms with E-state index in [9.17, 15) is 9.59 Å². The van der Waals surface area contributed by atoms with Crippen LogP contribution in [0, 0.1) is 6.92 Å². The lowest BCUT2D eigenvalue weighted by atomic mass is 10.1. The van der Waals surface area contributed by atoms with Crippen molar-refractivity contribution in [3.8, 4) is 10.4 Å². The monoisotopic (exact) mass is 480 g/mol. The Labute approximate surface area is 192 Å². The fraction of sp³-hybridized carbons (Fsp3) is 0.238. The maximum atomic E-state index is 13.4. The van der Waals surface area contributed by atoms with Gasteiger partial charge in [-0.2, -0.15) is 0 Å². The second-order valence-corrected chi connectivity index (χ2v) is 10.0. The minimum atomic E-state index is -0.389. The first-order valence-electron chi connectivity index (χ1n) is 9.27. The quantitative estimate of drug-likeness (QED) is 0.511. The maximum Gasteiger partial charge on any atom is 0.258 e. The summed E-state index contributed by atoms with van der Waals surface area (Å²) in [6.07, 6.45) is 0. The molecule has 1 N–H and O–H groups in total. The Morgan fingerprint density at radius 3 is 2.43 bits per heavy atom. The summed E-state index contributed by atoms with van der Waals surface area (Å²) in [6.45, 7) is 3.97. The van der Waals surface area contributed by atoms with Gasteiger partial charge in [-0.3, -0.25) is 9.59 Å². The zero-order chi connectivity index (χ0) is 21.3. The molecule has 4 rings (SSSR count). The minimum absolute atomic E-state index is 0.112. The van der Waals surface area contributed by atoms with Crippen LogP contribution in [-0.2, 0) is 4.74 Å². The van der Waals surface area contributed by atoms with Crippen molar-refractivity contribution >= 4 is 62.7 Å². The number of carbonyl (C=O) groups excluding carboxylic acids is 2. The van der Waals surface area contributed by atoms with Gasteiger partial charge in [0.25, 0.3) is 11.8 Å². The van der Waals surface area contributed by atoms with Crippen LogP contribution in [0.3, 0.4) is 0 Å². The van der Waals surface area contributed by atoms with E-state index in [2.05, 4.69) is 5.32 Å². The average molecular weight is 481 g/mol. The van der Waals surface area contributed by atoms with E-state index in [-0.39, 0.29) is 11.8 Å². The van der Waals surface area contributed by atoms with E-state index in [4.69, 9.17) is 27.9 Å². The van der Waals surface area contributed by atoms with Crippen molar-refractivity contribution in [3.63, 3.8) is 0 Å². The molecule has 0 radical (unpaired) electrons. The number of hydrogen-bond donors (Lipinski definition) is 1. The van der Waals surface area contributed by atoms with Gasteiger partial charge in [0.15, 0.2) is 0 Å². The van der Waals surface area contributed by atoms with Gasteiger partial charge >= 0.3 is 0 Å². The third-order valence-corrected chi connectivity index (χ3v) is 7.57. The number of anilines is 1. The Balaban J connectivity index is 1.74. The first-order valence-corrected chi connectivity index (χ1v) is 11.7. The van der Waals surface area contributed by atoms with Gasteiger partial charge in [-0.1, -0.05) is 53.5 Å². The number of amides is 2. The molecule has 30 heavy (non-hydrogen) atoms. The van der Waals surface area contributed by atoms with Gasteiger partial charge in [-0.05, 0) is 24.1 Å². The van der Waals surface area contributed by atoms with Crippen molar-refractivity contribution in [1.82, 2.24) is 4.90 Å². The molecule has 0 spiro atoms. The molecule has 1 aromatic carbocycles. The Bertz CT molecular complexity index is 1090. The second kappa shape index (κ2) is 9.08. The Hall–Kier alpha value is -1.90. The predicted molar refractivity (Wildman–Crippen MR) is 124 cm³/mol. The van der Waals surface area contributed by atoms with Crippen molar-refractivity contribution in [2.24, 2.45) is 0 Å². The van der Waals surface area contributed by atoms with Gasteiger partial charge in [-0.15, -0.1) is 22.7 Å². The number of nitrogens with one attached hydrogen (secondary N) is 1. The first kappa shape index (κ1) is 21.3. The van der Waals surface area contributed by atoms with Gasteiger partial charge in [0.1, 0.15) is 9.34 Å². The van der Waals surface area contributed by atoms with Crippen LogP contribution < -0.4 is 5.32 Å². The van der Waals surface area contributed by atoms with Crippen LogP contribution in [0.5, 0.6) is 0 Å². The van der Waals surface area contributed by atoms with Crippen LogP contribution >= 0.6 is 45.9 Å². The Morgan fingerprint density at radius 2 is 1.80 bits per heavy atom. The number of thiophene rings is 2. The maximum absolute atomic E-state index is 13.4. The van der Waals surface area contributed by atoms with Crippen LogP contribution in [0.2, 0.25) is 8.67 Å². The molecule has 1 fully saturated rings. The molecule has 0 saturated carbocycles. The smallest absolute Gasteiger partial charge is 0.258 e. The SMILES string of the molecule is Cc1c(-c2ccccc2)sc(NC(=O)c2cc(Cl)sc2Cl)c1C(=O)N1CCOCC1. The van der Waals surface area contributed by atoms with Crippen molar-refractivity contribution in [1.29, 1.82) is 0 Å². The lowest BCUT2D eigenvalue weighted by Gasteiger charge is -2.27. The minimum Gasteiger partial charge on any atom is -0.378 e. The Morgan fingerprint density at radius 1 is 1.10 bits per heavy atom. The van der Waals surface area contributed by atoms with Gasteiger partial charge in [0.05, 0.1) is 28.7 Å². The van der Waals surface area contributed by atoms with Gasteiger partial charge in [0.2, 0.25) is 0 Å². The summed E-state index contributed by atoms with van der Waals surface area (Å²) in [6, 6.07) is 11.3. The Kier molecular flexibility index (Phi) is 6.46. The van der Waals surface area contributed by atoms with Crippen LogP contribution in [0.4, 0.5) is 5.00 Å². The molecule has 5 nitrogen and oxygen atoms in total. The molecule has 0 bridgehead atoms. The van der Waals surface area contributed by atoms with E-state index in [1.54, 1.807) is 4.90 Å². The molecule has 0 atom stereocenters. The van der Waals surface area contributed by atoms with E-state index in [1.165, 1.54) is 17.4 Å². The number of morpholine rings is 1. The molecule has 1 aliphatic rings. The lowest BCUT2D eigenvalue weighted by Crippen LogP contribution is -2.41. The molecule has 3 heterocycles. The highest BCUT2D eigenvalue weighted by Gasteiger charge is 2.28. The summed E-state index contributed by atoms with van der Waals surface area (Å²) in [5.41, 5.74) is 2.64. The molecular formula is C21H18Cl2N2O3S2. The highest BCUT2D eigenvalue weighted by molar-refractivity contribution is 7.21. The lowest BCUT2D eigenvalue weighted by molar-refractivity contribution is 0.0303. The number of nitrogens with zero attached hydrogens (tertiary/aromatic N) is 1. The highest BCUT2D eigenvalue weighted by Crippen LogP contribution is 2.41. The van der Waals surface area contributed by atoms with Crippen molar-refractivity contribution in [2.75, 3.05) is 31.6 Å². The van der Waals surface area contributed by atoms with E-state index in [1.807, 2.05) is 37.3 Å². The zero-order valence-electron chi connectivity index (χ0n) is 16.0. The number of halogens is 2. The van der Waals surface area contributed by atoms with Gasteiger partial charge in [-0.25, -0.2) is 0 Å². The standard InChI is InChI=1S/C21H18Cl2N2O3S2/c1-12-16(21(27)25-7-9-28-10-8-25)20(30-17(12)13-5-3-2-4-6-13)24-19(26)14-11-15(22)29-18(14)23/h2-6,11H,7-10H2,1H3,(H,24,26). The van der Waals surface area contributed by atoms with E-state index in [0.29, 0.717) is 51.1 Å². The molecule has 3 aromatic rings. The first-order chi connectivity index (χ1) is 14.5. The normalized spacial score (nSPS) is 14.0. The van der Waals surface area contributed by atoms with Crippen LogP contribution in [-0.4, -0.2) is 43.0 Å².